The minimum Gasteiger partial charge on any atom is -0.321 e. The largest absolute Gasteiger partial charge is 0.321 e. The van der Waals surface area contributed by atoms with Crippen LogP contribution in [0.3, 0.4) is 0 Å². The summed E-state index contributed by atoms with van der Waals surface area (Å²) in [6.45, 7) is 2.64. The number of rotatable bonds is 8. The number of benzene rings is 1. The van der Waals surface area contributed by atoms with Crippen molar-refractivity contribution in [3.8, 4) is 0 Å². The number of thioether (sulfide) groups is 1. The van der Waals surface area contributed by atoms with E-state index in [-0.39, 0.29) is 15.5 Å². The molecule has 2 heterocycles. The van der Waals surface area contributed by atoms with Crippen LogP contribution in [-0.4, -0.2) is 57.4 Å². The summed E-state index contributed by atoms with van der Waals surface area (Å²) >= 11 is 2.78. The first-order valence-corrected chi connectivity index (χ1v) is 14.4. The van der Waals surface area contributed by atoms with Gasteiger partial charge >= 0.3 is 0 Å². The third-order valence-corrected chi connectivity index (χ3v) is 9.73. The van der Waals surface area contributed by atoms with Crippen molar-refractivity contribution in [2.24, 2.45) is 0 Å². The maximum absolute atomic E-state index is 12.9. The molecule has 0 unspecified atom stereocenters. The van der Waals surface area contributed by atoms with Crippen molar-refractivity contribution >= 4 is 60.4 Å². The standard InChI is InChI=1S/C18H23N3O5S4/c1-2-13-29(23,24)20-15-5-3-14(4-6-15)19-18(22)17-16(7-10-28-17)30(25,26)21-8-11-27-12-9-21/h3-7,10,20H,2,8-9,11-13H2,1H3,(H,19,22). The van der Waals surface area contributed by atoms with Crippen molar-refractivity contribution in [1.29, 1.82) is 0 Å². The fourth-order valence-electron chi connectivity index (χ4n) is 2.90. The van der Waals surface area contributed by atoms with E-state index in [4.69, 9.17) is 0 Å². The number of amides is 1. The van der Waals surface area contributed by atoms with E-state index < -0.39 is 26.0 Å². The number of hydrogen-bond donors (Lipinski definition) is 2. The number of thiophene rings is 1. The van der Waals surface area contributed by atoms with Crippen molar-refractivity contribution in [3.05, 3.63) is 40.6 Å². The van der Waals surface area contributed by atoms with Gasteiger partial charge in [-0.15, -0.1) is 11.3 Å². The Morgan fingerprint density at radius 2 is 1.67 bits per heavy atom. The van der Waals surface area contributed by atoms with Gasteiger partial charge in [-0.05, 0) is 42.1 Å². The van der Waals surface area contributed by atoms with E-state index in [1.807, 2.05) is 0 Å². The van der Waals surface area contributed by atoms with Crippen LogP contribution in [0.15, 0.2) is 40.6 Å². The zero-order chi connectivity index (χ0) is 21.8. The summed E-state index contributed by atoms with van der Waals surface area (Å²) in [7, 11) is -7.12. The average Bonchev–Trinajstić information content (AvgIpc) is 3.21. The first-order chi connectivity index (χ1) is 14.2. The average molecular weight is 490 g/mol. The topological polar surface area (TPSA) is 113 Å². The lowest BCUT2D eigenvalue weighted by molar-refractivity contribution is 0.102. The third kappa shape index (κ3) is 5.55. The van der Waals surface area contributed by atoms with Gasteiger partial charge in [0.15, 0.2) is 0 Å². The quantitative estimate of drug-likeness (QED) is 0.590. The van der Waals surface area contributed by atoms with E-state index in [0.717, 1.165) is 22.8 Å². The van der Waals surface area contributed by atoms with Gasteiger partial charge in [0.2, 0.25) is 20.0 Å². The molecule has 1 amide bonds. The Hall–Kier alpha value is -1.60. The third-order valence-electron chi connectivity index (χ3n) is 4.31. The number of nitrogens with one attached hydrogen (secondary N) is 2. The van der Waals surface area contributed by atoms with Crippen LogP contribution in [-0.2, 0) is 20.0 Å². The summed E-state index contributed by atoms with van der Waals surface area (Å²) in [5.74, 6) is 0.976. The van der Waals surface area contributed by atoms with Crippen LogP contribution >= 0.6 is 23.1 Å². The molecule has 0 saturated carbocycles. The van der Waals surface area contributed by atoms with E-state index in [9.17, 15) is 21.6 Å². The molecule has 2 N–H and O–H groups in total. The summed E-state index contributed by atoms with van der Waals surface area (Å²) in [6, 6.07) is 7.67. The van der Waals surface area contributed by atoms with Crippen molar-refractivity contribution in [2.75, 3.05) is 40.4 Å². The van der Waals surface area contributed by atoms with E-state index in [2.05, 4.69) is 10.0 Å². The number of carbonyl (C=O) groups is 1. The highest BCUT2D eigenvalue weighted by Crippen LogP contribution is 2.28. The fraction of sp³-hybridized carbons (Fsp3) is 0.389. The molecule has 12 heteroatoms. The number of nitrogens with zero attached hydrogens (tertiary/aromatic N) is 1. The first kappa shape index (κ1) is 23.1. The van der Waals surface area contributed by atoms with E-state index in [1.54, 1.807) is 48.3 Å². The molecule has 8 nitrogen and oxygen atoms in total. The van der Waals surface area contributed by atoms with Crippen LogP contribution in [0.2, 0.25) is 0 Å². The maximum Gasteiger partial charge on any atom is 0.267 e. The lowest BCUT2D eigenvalue weighted by Crippen LogP contribution is -2.38. The maximum atomic E-state index is 12.9. The predicted molar refractivity (Wildman–Crippen MR) is 122 cm³/mol. The number of anilines is 2. The van der Waals surface area contributed by atoms with Crippen molar-refractivity contribution < 1.29 is 21.6 Å². The molecule has 1 aliphatic heterocycles. The highest BCUT2D eigenvalue weighted by molar-refractivity contribution is 7.99. The Bertz CT molecular complexity index is 1090. The number of hydrogen-bond acceptors (Lipinski definition) is 7. The summed E-state index contributed by atoms with van der Waals surface area (Å²) in [6.07, 6.45) is 0.506. The molecule has 3 rings (SSSR count). The molecule has 30 heavy (non-hydrogen) atoms. The van der Waals surface area contributed by atoms with Crippen LogP contribution in [0.1, 0.15) is 23.0 Å². The summed E-state index contributed by atoms with van der Waals surface area (Å²) in [5, 5.41) is 4.27. The van der Waals surface area contributed by atoms with E-state index >= 15 is 0 Å². The van der Waals surface area contributed by atoms with Gasteiger partial charge in [0.1, 0.15) is 9.77 Å². The minimum absolute atomic E-state index is 0.0147. The number of sulfonamides is 2. The molecule has 164 valence electrons. The predicted octanol–water partition coefficient (Wildman–Crippen LogP) is 2.89. The molecule has 0 radical (unpaired) electrons. The summed E-state index contributed by atoms with van der Waals surface area (Å²) < 4.78 is 53.4. The molecule has 0 spiro atoms. The van der Waals surface area contributed by atoms with Crippen LogP contribution < -0.4 is 10.0 Å². The van der Waals surface area contributed by atoms with E-state index in [1.165, 1.54) is 10.4 Å². The zero-order valence-electron chi connectivity index (χ0n) is 16.3. The van der Waals surface area contributed by atoms with Gasteiger partial charge in [-0.3, -0.25) is 9.52 Å². The number of carbonyl (C=O) groups excluding carboxylic acids is 1. The van der Waals surface area contributed by atoms with E-state index in [0.29, 0.717) is 30.9 Å². The molecule has 1 aliphatic rings. The molecule has 1 aromatic carbocycles. The van der Waals surface area contributed by atoms with Gasteiger partial charge in [0.25, 0.3) is 5.91 Å². The van der Waals surface area contributed by atoms with Gasteiger partial charge in [0, 0.05) is 36.0 Å². The Balaban J connectivity index is 1.72. The second-order valence-corrected chi connectivity index (χ2v) is 12.5. The van der Waals surface area contributed by atoms with Crippen molar-refractivity contribution in [3.63, 3.8) is 0 Å². The Kier molecular flexibility index (Phi) is 7.45. The molecule has 1 aromatic heterocycles. The normalized spacial score (nSPS) is 15.6. The highest BCUT2D eigenvalue weighted by atomic mass is 32.2. The van der Waals surface area contributed by atoms with Crippen LogP contribution in [0.4, 0.5) is 11.4 Å². The lowest BCUT2D eigenvalue weighted by Gasteiger charge is -2.25. The van der Waals surface area contributed by atoms with Gasteiger partial charge in [-0.2, -0.15) is 16.1 Å². The second kappa shape index (κ2) is 9.69. The van der Waals surface area contributed by atoms with Gasteiger partial charge in [-0.1, -0.05) is 6.92 Å². The van der Waals surface area contributed by atoms with Gasteiger partial charge < -0.3 is 5.32 Å². The van der Waals surface area contributed by atoms with Crippen molar-refractivity contribution in [2.45, 2.75) is 18.2 Å². The molecule has 1 fully saturated rings. The molecule has 1 saturated heterocycles. The SMILES string of the molecule is CCCS(=O)(=O)Nc1ccc(NC(=O)c2sccc2S(=O)(=O)N2CCSCC2)cc1. The van der Waals surface area contributed by atoms with Crippen LogP contribution in [0.5, 0.6) is 0 Å². The molecular weight excluding hydrogens is 466 g/mol. The molecular formula is C18H23N3O5S4. The van der Waals surface area contributed by atoms with Crippen molar-refractivity contribution in [1.82, 2.24) is 4.31 Å². The minimum atomic E-state index is -3.73. The first-order valence-electron chi connectivity index (χ1n) is 9.30. The smallest absolute Gasteiger partial charge is 0.267 e. The van der Waals surface area contributed by atoms with Crippen LogP contribution in [0, 0.1) is 0 Å². The molecule has 2 aromatic rings. The van der Waals surface area contributed by atoms with Gasteiger partial charge in [0.05, 0.1) is 5.75 Å². The fourth-order valence-corrected chi connectivity index (χ4v) is 7.91. The van der Waals surface area contributed by atoms with Crippen LogP contribution in [0.25, 0.3) is 0 Å². The second-order valence-electron chi connectivity index (χ2n) is 6.58. The lowest BCUT2D eigenvalue weighted by atomic mass is 10.3. The Labute approximate surface area is 185 Å². The monoisotopic (exact) mass is 489 g/mol. The van der Waals surface area contributed by atoms with Gasteiger partial charge in [-0.25, -0.2) is 16.8 Å². The summed E-state index contributed by atoms with van der Waals surface area (Å²) in [5.41, 5.74) is 0.827. The molecule has 0 atom stereocenters. The molecule has 0 aliphatic carbocycles. The highest BCUT2D eigenvalue weighted by Gasteiger charge is 2.31. The Morgan fingerprint density at radius 1 is 1.03 bits per heavy atom. The Morgan fingerprint density at radius 3 is 2.30 bits per heavy atom. The zero-order valence-corrected chi connectivity index (χ0v) is 19.6. The molecule has 0 bridgehead atoms. The summed E-state index contributed by atoms with van der Waals surface area (Å²) in [4.78, 5) is 12.9.